The van der Waals surface area contributed by atoms with E-state index in [1.54, 1.807) is 18.3 Å². The molecule has 0 saturated heterocycles. The second kappa shape index (κ2) is 7.31. The zero-order valence-electron chi connectivity index (χ0n) is 14.5. The summed E-state index contributed by atoms with van der Waals surface area (Å²) in [6, 6.07) is 26.3. The van der Waals surface area contributed by atoms with Gasteiger partial charge in [0.15, 0.2) is 0 Å². The monoisotopic (exact) mass is 374 g/mol. The second-order valence-electron chi connectivity index (χ2n) is 6.20. The van der Waals surface area contributed by atoms with Crippen molar-refractivity contribution < 1.29 is 8.42 Å². The van der Waals surface area contributed by atoms with Crippen LogP contribution in [0, 0.1) is 0 Å². The van der Waals surface area contributed by atoms with Crippen molar-refractivity contribution in [3.8, 4) is 11.1 Å². The van der Waals surface area contributed by atoms with Crippen LogP contribution in [0.3, 0.4) is 0 Å². The molecule has 0 atom stereocenters. The third kappa shape index (κ3) is 3.74. The van der Waals surface area contributed by atoms with Gasteiger partial charge in [0.1, 0.15) is 0 Å². The van der Waals surface area contributed by atoms with E-state index >= 15 is 0 Å². The van der Waals surface area contributed by atoms with Gasteiger partial charge in [-0.25, -0.2) is 13.1 Å². The minimum atomic E-state index is -3.60. The molecule has 4 rings (SSSR count). The van der Waals surface area contributed by atoms with Crippen LogP contribution in [0.15, 0.2) is 96.0 Å². The Morgan fingerprint density at radius 2 is 1.41 bits per heavy atom. The molecule has 0 unspecified atom stereocenters. The van der Waals surface area contributed by atoms with E-state index in [0.717, 1.165) is 27.6 Å². The normalized spacial score (nSPS) is 11.6. The number of fused-ring (bicyclic) bond motifs is 1. The first-order valence-corrected chi connectivity index (χ1v) is 10.1. The van der Waals surface area contributed by atoms with Gasteiger partial charge in [-0.05, 0) is 41.0 Å². The topological polar surface area (TPSA) is 59.1 Å². The summed E-state index contributed by atoms with van der Waals surface area (Å²) in [6.07, 6.45) is 1.70. The molecule has 4 nitrogen and oxygen atoms in total. The summed E-state index contributed by atoms with van der Waals surface area (Å²) >= 11 is 0. The number of hydrogen-bond donors (Lipinski definition) is 1. The SMILES string of the molecule is O=S(=O)(NCc1ccnc2ccccc12)c1ccc(-c2ccccc2)cc1. The lowest BCUT2D eigenvalue weighted by molar-refractivity contribution is 0.581. The summed E-state index contributed by atoms with van der Waals surface area (Å²) < 4.78 is 28.0. The molecule has 134 valence electrons. The van der Waals surface area contributed by atoms with Crippen LogP contribution in [-0.2, 0) is 16.6 Å². The molecule has 5 heteroatoms. The van der Waals surface area contributed by atoms with E-state index in [1.165, 1.54) is 0 Å². The number of sulfonamides is 1. The maximum Gasteiger partial charge on any atom is 0.240 e. The number of pyridine rings is 1. The lowest BCUT2D eigenvalue weighted by atomic mass is 10.1. The van der Waals surface area contributed by atoms with Crippen molar-refractivity contribution in [2.75, 3.05) is 0 Å². The van der Waals surface area contributed by atoms with Crippen LogP contribution < -0.4 is 4.72 Å². The highest BCUT2D eigenvalue weighted by molar-refractivity contribution is 7.89. The molecule has 0 amide bonds. The molecule has 0 saturated carbocycles. The number of benzene rings is 3. The van der Waals surface area contributed by atoms with E-state index in [-0.39, 0.29) is 11.4 Å². The molecule has 0 aliphatic rings. The van der Waals surface area contributed by atoms with Gasteiger partial charge >= 0.3 is 0 Å². The average Bonchev–Trinajstić information content (AvgIpc) is 2.73. The van der Waals surface area contributed by atoms with Crippen molar-refractivity contribution in [1.82, 2.24) is 9.71 Å². The summed E-state index contributed by atoms with van der Waals surface area (Å²) in [5.74, 6) is 0. The Balaban J connectivity index is 1.55. The van der Waals surface area contributed by atoms with Crippen LogP contribution in [0.1, 0.15) is 5.56 Å². The summed E-state index contributed by atoms with van der Waals surface area (Å²) in [6.45, 7) is 0.214. The number of hydrogen-bond acceptors (Lipinski definition) is 3. The molecule has 27 heavy (non-hydrogen) atoms. The zero-order chi connectivity index (χ0) is 18.7. The van der Waals surface area contributed by atoms with Crippen LogP contribution in [0.4, 0.5) is 0 Å². The quantitative estimate of drug-likeness (QED) is 0.564. The number of rotatable bonds is 5. The number of nitrogens with zero attached hydrogens (tertiary/aromatic N) is 1. The van der Waals surface area contributed by atoms with Gasteiger partial charge in [-0.15, -0.1) is 0 Å². The fraction of sp³-hybridized carbons (Fsp3) is 0.0455. The Morgan fingerprint density at radius 3 is 2.19 bits per heavy atom. The van der Waals surface area contributed by atoms with Crippen LogP contribution in [0.2, 0.25) is 0 Å². The zero-order valence-corrected chi connectivity index (χ0v) is 15.4. The Morgan fingerprint density at radius 1 is 0.741 bits per heavy atom. The van der Waals surface area contributed by atoms with Gasteiger partial charge in [0.25, 0.3) is 0 Å². The first kappa shape index (κ1) is 17.4. The Bertz CT molecular complexity index is 1170. The molecule has 0 aliphatic carbocycles. The van der Waals surface area contributed by atoms with Crippen molar-refractivity contribution in [3.63, 3.8) is 0 Å². The molecule has 3 aromatic carbocycles. The maximum atomic E-state index is 12.7. The van der Waals surface area contributed by atoms with Crippen LogP contribution in [0.5, 0.6) is 0 Å². The third-order valence-corrected chi connectivity index (χ3v) is 5.88. The van der Waals surface area contributed by atoms with E-state index < -0.39 is 10.0 Å². The second-order valence-corrected chi connectivity index (χ2v) is 7.97. The van der Waals surface area contributed by atoms with Crippen LogP contribution >= 0.6 is 0 Å². The lowest BCUT2D eigenvalue weighted by Gasteiger charge is -2.10. The first-order valence-electron chi connectivity index (χ1n) is 8.61. The van der Waals surface area contributed by atoms with Gasteiger partial charge in [-0.1, -0.05) is 60.7 Å². The molecule has 0 radical (unpaired) electrons. The van der Waals surface area contributed by atoms with Gasteiger partial charge in [0.2, 0.25) is 10.0 Å². The summed E-state index contributed by atoms with van der Waals surface area (Å²) in [4.78, 5) is 4.56. The maximum absolute atomic E-state index is 12.7. The highest BCUT2D eigenvalue weighted by atomic mass is 32.2. The molecule has 0 fully saturated rings. The molecule has 4 aromatic rings. The molecular weight excluding hydrogens is 356 g/mol. The molecular formula is C22H18N2O2S. The van der Waals surface area contributed by atoms with E-state index in [2.05, 4.69) is 9.71 Å². The van der Waals surface area contributed by atoms with Crippen molar-refractivity contribution in [2.24, 2.45) is 0 Å². The molecule has 0 aliphatic heterocycles. The minimum Gasteiger partial charge on any atom is -0.256 e. The van der Waals surface area contributed by atoms with E-state index in [9.17, 15) is 8.42 Å². The Labute approximate surface area is 158 Å². The molecule has 1 aromatic heterocycles. The van der Waals surface area contributed by atoms with Crippen molar-refractivity contribution in [1.29, 1.82) is 0 Å². The van der Waals surface area contributed by atoms with Gasteiger partial charge in [0.05, 0.1) is 10.4 Å². The van der Waals surface area contributed by atoms with Crippen molar-refractivity contribution in [3.05, 3.63) is 96.7 Å². The standard InChI is InChI=1S/C22H18N2O2S/c25-27(26,20-12-10-18(11-13-20)17-6-2-1-3-7-17)24-16-19-14-15-23-22-9-5-4-8-21(19)22/h1-15,24H,16H2. The Kier molecular flexibility index (Phi) is 4.71. The summed E-state index contributed by atoms with van der Waals surface area (Å²) in [5.41, 5.74) is 3.78. The number of nitrogens with one attached hydrogen (secondary N) is 1. The fourth-order valence-electron chi connectivity index (χ4n) is 3.02. The first-order chi connectivity index (χ1) is 13.1. The minimum absolute atomic E-state index is 0.214. The van der Waals surface area contributed by atoms with Gasteiger partial charge < -0.3 is 0 Å². The van der Waals surface area contributed by atoms with Crippen molar-refractivity contribution >= 4 is 20.9 Å². The number of aromatic nitrogens is 1. The van der Waals surface area contributed by atoms with Crippen LogP contribution in [0.25, 0.3) is 22.0 Å². The molecule has 0 bridgehead atoms. The molecule has 0 spiro atoms. The van der Waals surface area contributed by atoms with Crippen LogP contribution in [-0.4, -0.2) is 13.4 Å². The van der Waals surface area contributed by atoms with Gasteiger partial charge in [-0.3, -0.25) is 4.98 Å². The van der Waals surface area contributed by atoms with E-state index in [1.807, 2.05) is 72.8 Å². The molecule has 1 heterocycles. The van der Waals surface area contributed by atoms with E-state index in [0.29, 0.717) is 0 Å². The highest BCUT2D eigenvalue weighted by Gasteiger charge is 2.14. The lowest BCUT2D eigenvalue weighted by Crippen LogP contribution is -2.23. The fourth-order valence-corrected chi connectivity index (χ4v) is 4.03. The highest BCUT2D eigenvalue weighted by Crippen LogP contribution is 2.21. The predicted molar refractivity (Wildman–Crippen MR) is 108 cm³/mol. The third-order valence-electron chi connectivity index (χ3n) is 4.46. The number of para-hydroxylation sites is 1. The Hall–Kier alpha value is -3.02. The smallest absolute Gasteiger partial charge is 0.240 e. The largest absolute Gasteiger partial charge is 0.256 e. The average molecular weight is 374 g/mol. The van der Waals surface area contributed by atoms with Gasteiger partial charge in [0, 0.05) is 18.1 Å². The van der Waals surface area contributed by atoms with E-state index in [4.69, 9.17) is 0 Å². The molecule has 1 N–H and O–H groups in total. The summed E-state index contributed by atoms with van der Waals surface area (Å²) in [5, 5.41) is 0.946. The summed E-state index contributed by atoms with van der Waals surface area (Å²) in [7, 11) is -3.60. The predicted octanol–water partition coefficient (Wildman–Crippen LogP) is 4.38. The van der Waals surface area contributed by atoms with Gasteiger partial charge in [-0.2, -0.15) is 0 Å². The van der Waals surface area contributed by atoms with Crippen molar-refractivity contribution in [2.45, 2.75) is 11.4 Å².